The van der Waals surface area contributed by atoms with E-state index in [-0.39, 0.29) is 5.79 Å². The van der Waals surface area contributed by atoms with Gasteiger partial charge in [0.1, 0.15) is 0 Å². The molecule has 0 aromatic heterocycles. The molecule has 2 nitrogen and oxygen atoms in total. The van der Waals surface area contributed by atoms with Crippen molar-refractivity contribution in [2.24, 2.45) is 0 Å². The van der Waals surface area contributed by atoms with Gasteiger partial charge in [0.15, 0.2) is 5.79 Å². The molecular formula is C20H40O2. The Morgan fingerprint density at radius 2 is 1.27 bits per heavy atom. The second-order valence-corrected chi connectivity index (χ2v) is 7.18. The van der Waals surface area contributed by atoms with Crippen molar-refractivity contribution < 1.29 is 9.47 Å². The van der Waals surface area contributed by atoms with E-state index >= 15 is 0 Å². The van der Waals surface area contributed by atoms with Gasteiger partial charge < -0.3 is 9.47 Å². The van der Waals surface area contributed by atoms with Crippen molar-refractivity contribution in [3.63, 3.8) is 0 Å². The first-order valence-electron chi connectivity index (χ1n) is 10.0. The number of hydrogen-bond acceptors (Lipinski definition) is 2. The summed E-state index contributed by atoms with van der Waals surface area (Å²) in [5.74, 6) is -0.267. The zero-order chi connectivity index (χ0) is 15.9. The molecule has 2 heteroatoms. The van der Waals surface area contributed by atoms with E-state index in [0.717, 1.165) is 26.1 Å². The van der Waals surface area contributed by atoms with Crippen LogP contribution < -0.4 is 0 Å². The molecule has 22 heavy (non-hydrogen) atoms. The van der Waals surface area contributed by atoms with Crippen molar-refractivity contribution >= 4 is 0 Å². The molecule has 0 N–H and O–H groups in total. The standard InChI is InChI=1S/C20H40O2/c1-3-4-5-6-7-8-9-10-11-12-13-14-15-18-21-20(2)17-16-19-22-20/h3-19H2,1-2H3. The molecule has 0 spiro atoms. The first kappa shape index (κ1) is 20.0. The Morgan fingerprint density at radius 1 is 0.773 bits per heavy atom. The maximum atomic E-state index is 5.87. The topological polar surface area (TPSA) is 18.5 Å². The van der Waals surface area contributed by atoms with E-state index in [0.29, 0.717) is 0 Å². The normalized spacial score (nSPS) is 21.5. The molecule has 0 aliphatic carbocycles. The fraction of sp³-hybridized carbons (Fsp3) is 1.00. The van der Waals surface area contributed by atoms with Crippen molar-refractivity contribution in [2.45, 2.75) is 116 Å². The highest BCUT2D eigenvalue weighted by molar-refractivity contribution is 4.69. The number of rotatable bonds is 15. The van der Waals surface area contributed by atoms with Crippen molar-refractivity contribution in [1.29, 1.82) is 0 Å². The molecule has 1 saturated heterocycles. The van der Waals surface area contributed by atoms with E-state index < -0.39 is 0 Å². The van der Waals surface area contributed by atoms with Crippen LogP contribution in [0.2, 0.25) is 0 Å². The van der Waals surface area contributed by atoms with Gasteiger partial charge in [0.25, 0.3) is 0 Å². The first-order valence-corrected chi connectivity index (χ1v) is 10.0. The van der Waals surface area contributed by atoms with Gasteiger partial charge in [-0.3, -0.25) is 0 Å². The summed E-state index contributed by atoms with van der Waals surface area (Å²) in [7, 11) is 0. The summed E-state index contributed by atoms with van der Waals surface area (Å²) in [6.07, 6.45) is 20.4. The third-order valence-corrected chi connectivity index (χ3v) is 4.84. The number of ether oxygens (including phenoxy) is 2. The van der Waals surface area contributed by atoms with E-state index in [1.807, 2.05) is 0 Å². The molecule has 1 atom stereocenters. The van der Waals surface area contributed by atoms with E-state index in [2.05, 4.69) is 13.8 Å². The smallest absolute Gasteiger partial charge is 0.165 e. The Bertz CT molecular complexity index is 234. The zero-order valence-corrected chi connectivity index (χ0v) is 15.3. The van der Waals surface area contributed by atoms with E-state index in [1.165, 1.54) is 83.5 Å². The maximum absolute atomic E-state index is 5.87. The molecule has 1 heterocycles. The average molecular weight is 313 g/mol. The lowest BCUT2D eigenvalue weighted by Crippen LogP contribution is -2.27. The summed E-state index contributed by atoms with van der Waals surface area (Å²) < 4.78 is 11.5. The molecular weight excluding hydrogens is 272 g/mol. The Labute approximate surface area is 139 Å². The fourth-order valence-electron chi connectivity index (χ4n) is 3.28. The summed E-state index contributed by atoms with van der Waals surface area (Å²) in [6, 6.07) is 0. The highest BCUT2D eigenvalue weighted by Crippen LogP contribution is 2.26. The maximum Gasteiger partial charge on any atom is 0.165 e. The van der Waals surface area contributed by atoms with Gasteiger partial charge in [-0.1, -0.05) is 84.0 Å². The average Bonchev–Trinajstić information content (AvgIpc) is 2.94. The molecule has 1 aliphatic heterocycles. The Morgan fingerprint density at radius 3 is 1.73 bits per heavy atom. The van der Waals surface area contributed by atoms with Gasteiger partial charge in [-0.15, -0.1) is 0 Å². The van der Waals surface area contributed by atoms with Gasteiger partial charge in [-0.2, -0.15) is 0 Å². The SMILES string of the molecule is CCCCCCCCCCCCCCCOC1(C)CCCO1. The molecule has 1 aliphatic rings. The van der Waals surface area contributed by atoms with Crippen molar-refractivity contribution in [2.75, 3.05) is 13.2 Å². The molecule has 132 valence electrons. The van der Waals surface area contributed by atoms with Crippen LogP contribution in [0.4, 0.5) is 0 Å². The molecule has 1 fully saturated rings. The van der Waals surface area contributed by atoms with Crippen LogP contribution >= 0.6 is 0 Å². The Balaban J connectivity index is 1.71. The lowest BCUT2D eigenvalue weighted by molar-refractivity contribution is -0.197. The lowest BCUT2D eigenvalue weighted by Gasteiger charge is -2.23. The predicted octanol–water partition coefficient (Wildman–Crippen LogP) is 6.62. The molecule has 0 aromatic carbocycles. The van der Waals surface area contributed by atoms with Crippen molar-refractivity contribution in [1.82, 2.24) is 0 Å². The molecule has 1 rings (SSSR count). The lowest BCUT2D eigenvalue weighted by atomic mass is 10.0. The van der Waals surface area contributed by atoms with Gasteiger partial charge in [0, 0.05) is 6.42 Å². The summed E-state index contributed by atoms with van der Waals surface area (Å²) in [5.41, 5.74) is 0. The number of unbranched alkanes of at least 4 members (excludes halogenated alkanes) is 12. The Hall–Kier alpha value is -0.0800. The van der Waals surface area contributed by atoms with Crippen LogP contribution in [-0.4, -0.2) is 19.0 Å². The second-order valence-electron chi connectivity index (χ2n) is 7.18. The van der Waals surface area contributed by atoms with Crippen molar-refractivity contribution in [3.05, 3.63) is 0 Å². The quantitative estimate of drug-likeness (QED) is 0.316. The van der Waals surface area contributed by atoms with Crippen LogP contribution in [0, 0.1) is 0 Å². The summed E-state index contributed by atoms with van der Waals surface area (Å²) in [6.45, 7) is 6.11. The minimum absolute atomic E-state index is 0.267. The second kappa shape index (κ2) is 13.4. The minimum Gasteiger partial charge on any atom is -0.350 e. The molecule has 0 bridgehead atoms. The van der Waals surface area contributed by atoms with Crippen LogP contribution in [-0.2, 0) is 9.47 Å². The monoisotopic (exact) mass is 312 g/mol. The van der Waals surface area contributed by atoms with Crippen LogP contribution in [0.3, 0.4) is 0 Å². The van der Waals surface area contributed by atoms with Gasteiger partial charge in [0.05, 0.1) is 13.2 Å². The molecule has 0 aromatic rings. The highest BCUT2D eigenvalue weighted by Gasteiger charge is 2.29. The minimum atomic E-state index is -0.267. The van der Waals surface area contributed by atoms with Crippen LogP contribution in [0.1, 0.15) is 110 Å². The van der Waals surface area contributed by atoms with E-state index in [4.69, 9.17) is 9.47 Å². The van der Waals surface area contributed by atoms with Gasteiger partial charge in [0.2, 0.25) is 0 Å². The molecule has 0 radical (unpaired) electrons. The summed E-state index contributed by atoms with van der Waals surface area (Å²) in [5, 5.41) is 0. The third-order valence-electron chi connectivity index (χ3n) is 4.84. The van der Waals surface area contributed by atoms with Crippen LogP contribution in [0.25, 0.3) is 0 Å². The largest absolute Gasteiger partial charge is 0.350 e. The Kier molecular flexibility index (Phi) is 12.1. The fourth-order valence-corrected chi connectivity index (χ4v) is 3.28. The highest BCUT2D eigenvalue weighted by atomic mass is 16.7. The van der Waals surface area contributed by atoms with Gasteiger partial charge >= 0.3 is 0 Å². The summed E-state index contributed by atoms with van der Waals surface area (Å²) >= 11 is 0. The molecule has 0 amide bonds. The van der Waals surface area contributed by atoms with Crippen LogP contribution in [0.15, 0.2) is 0 Å². The van der Waals surface area contributed by atoms with Gasteiger partial charge in [-0.05, 0) is 19.8 Å². The van der Waals surface area contributed by atoms with Crippen LogP contribution in [0.5, 0.6) is 0 Å². The third kappa shape index (κ3) is 10.6. The first-order chi connectivity index (χ1) is 10.8. The predicted molar refractivity (Wildman–Crippen MR) is 95.2 cm³/mol. The van der Waals surface area contributed by atoms with E-state index in [9.17, 15) is 0 Å². The van der Waals surface area contributed by atoms with E-state index in [1.54, 1.807) is 0 Å². The number of hydrogen-bond donors (Lipinski definition) is 0. The molecule has 1 unspecified atom stereocenters. The summed E-state index contributed by atoms with van der Waals surface area (Å²) in [4.78, 5) is 0. The zero-order valence-electron chi connectivity index (χ0n) is 15.3. The van der Waals surface area contributed by atoms with Gasteiger partial charge in [-0.25, -0.2) is 0 Å². The molecule has 0 saturated carbocycles. The van der Waals surface area contributed by atoms with Crippen molar-refractivity contribution in [3.8, 4) is 0 Å².